The van der Waals surface area contributed by atoms with E-state index in [1.165, 1.54) is 16.0 Å². The van der Waals surface area contributed by atoms with Crippen molar-refractivity contribution in [2.24, 2.45) is 0 Å². The first kappa shape index (κ1) is 10.6. The van der Waals surface area contributed by atoms with Gasteiger partial charge >= 0.3 is 0 Å². The minimum absolute atomic E-state index is 0.254. The molecule has 72 valence electrons. The van der Waals surface area contributed by atoms with Gasteiger partial charge in [-0.2, -0.15) is 0 Å². The molecule has 1 aromatic carbocycles. The summed E-state index contributed by atoms with van der Waals surface area (Å²) in [6.45, 7) is 9.01. The largest absolute Gasteiger partial charge is 0.129 e. The normalized spacial score (nSPS) is 11.8. The van der Waals surface area contributed by atoms with Crippen LogP contribution in [0.3, 0.4) is 0 Å². The molecule has 0 bridgehead atoms. The van der Waals surface area contributed by atoms with Gasteiger partial charge in [-0.1, -0.05) is 32.9 Å². The number of rotatable bonds is 1. The van der Waals surface area contributed by atoms with Crippen molar-refractivity contribution in [3.05, 3.63) is 29.3 Å². The standard InChI is InChI=1S/C12H18S/c1-9-7-6-8-10(13-5)11(9)12(2,3)4/h6-8H,1-5H3. The van der Waals surface area contributed by atoms with E-state index in [0.717, 1.165) is 0 Å². The number of hydrogen-bond acceptors (Lipinski definition) is 1. The third-order valence-corrected chi connectivity index (χ3v) is 2.98. The molecule has 0 nitrogen and oxygen atoms in total. The summed E-state index contributed by atoms with van der Waals surface area (Å²) < 4.78 is 0. The van der Waals surface area contributed by atoms with Gasteiger partial charge in [0.15, 0.2) is 0 Å². The second-order valence-electron chi connectivity index (χ2n) is 4.40. The Morgan fingerprint density at radius 2 is 1.77 bits per heavy atom. The molecule has 0 aliphatic carbocycles. The van der Waals surface area contributed by atoms with Gasteiger partial charge in [0, 0.05) is 4.90 Å². The van der Waals surface area contributed by atoms with E-state index in [0.29, 0.717) is 0 Å². The van der Waals surface area contributed by atoms with Crippen LogP contribution in [-0.4, -0.2) is 6.26 Å². The monoisotopic (exact) mass is 194 g/mol. The zero-order valence-electron chi connectivity index (χ0n) is 9.14. The van der Waals surface area contributed by atoms with E-state index < -0.39 is 0 Å². The van der Waals surface area contributed by atoms with Gasteiger partial charge in [-0.15, -0.1) is 11.8 Å². The quantitative estimate of drug-likeness (QED) is 0.609. The molecule has 0 atom stereocenters. The maximum atomic E-state index is 2.27. The van der Waals surface area contributed by atoms with Crippen molar-refractivity contribution >= 4 is 11.8 Å². The van der Waals surface area contributed by atoms with Crippen LogP contribution in [-0.2, 0) is 5.41 Å². The molecule has 0 fully saturated rings. The topological polar surface area (TPSA) is 0 Å². The average molecular weight is 194 g/mol. The first-order chi connectivity index (χ1) is 5.96. The molecule has 1 aromatic rings. The van der Waals surface area contributed by atoms with E-state index in [4.69, 9.17) is 0 Å². The Hall–Kier alpha value is -0.430. The summed E-state index contributed by atoms with van der Waals surface area (Å²) in [5.41, 5.74) is 3.14. The van der Waals surface area contributed by atoms with Crippen molar-refractivity contribution in [1.82, 2.24) is 0 Å². The fourth-order valence-corrected chi connectivity index (χ4v) is 2.66. The van der Waals surface area contributed by atoms with Crippen molar-refractivity contribution in [3.63, 3.8) is 0 Å². The van der Waals surface area contributed by atoms with Crippen LogP contribution in [0.5, 0.6) is 0 Å². The van der Waals surface area contributed by atoms with E-state index in [1.807, 2.05) is 11.8 Å². The molecule has 0 aliphatic heterocycles. The minimum atomic E-state index is 0.254. The molecule has 0 spiro atoms. The molecule has 0 radical (unpaired) electrons. The highest BCUT2D eigenvalue weighted by Crippen LogP contribution is 2.33. The van der Waals surface area contributed by atoms with Gasteiger partial charge in [0.25, 0.3) is 0 Å². The van der Waals surface area contributed by atoms with Crippen molar-refractivity contribution in [1.29, 1.82) is 0 Å². The number of benzene rings is 1. The summed E-state index contributed by atoms with van der Waals surface area (Å²) in [5, 5.41) is 0. The van der Waals surface area contributed by atoms with Crippen LogP contribution in [0.1, 0.15) is 31.9 Å². The second kappa shape index (κ2) is 3.75. The SMILES string of the molecule is CSc1cccc(C)c1C(C)(C)C. The molecule has 0 heterocycles. The molecule has 1 rings (SSSR count). The highest BCUT2D eigenvalue weighted by molar-refractivity contribution is 7.98. The number of aryl methyl sites for hydroxylation is 1. The Morgan fingerprint density at radius 3 is 2.15 bits per heavy atom. The third kappa shape index (κ3) is 2.28. The molecule has 0 saturated heterocycles. The van der Waals surface area contributed by atoms with Crippen LogP contribution >= 0.6 is 11.8 Å². The summed E-state index contributed by atoms with van der Waals surface area (Å²) in [6.07, 6.45) is 2.14. The van der Waals surface area contributed by atoms with E-state index >= 15 is 0 Å². The lowest BCUT2D eigenvalue weighted by Crippen LogP contribution is -2.14. The summed E-state index contributed by atoms with van der Waals surface area (Å²) in [5.74, 6) is 0. The van der Waals surface area contributed by atoms with Crippen molar-refractivity contribution in [3.8, 4) is 0 Å². The van der Waals surface area contributed by atoms with Gasteiger partial charge in [0.05, 0.1) is 0 Å². The summed E-state index contributed by atoms with van der Waals surface area (Å²) in [6, 6.07) is 6.54. The Morgan fingerprint density at radius 1 is 1.15 bits per heavy atom. The molecule has 13 heavy (non-hydrogen) atoms. The molecular weight excluding hydrogens is 176 g/mol. The maximum Gasteiger partial charge on any atom is 0.0109 e. The first-order valence-electron chi connectivity index (χ1n) is 4.61. The zero-order valence-corrected chi connectivity index (χ0v) is 9.96. The Kier molecular flexibility index (Phi) is 3.07. The van der Waals surface area contributed by atoms with E-state index in [9.17, 15) is 0 Å². The van der Waals surface area contributed by atoms with Gasteiger partial charge in [-0.3, -0.25) is 0 Å². The van der Waals surface area contributed by atoms with Gasteiger partial charge in [-0.05, 0) is 35.8 Å². The van der Waals surface area contributed by atoms with E-state index in [2.05, 4.69) is 52.1 Å². The summed E-state index contributed by atoms with van der Waals surface area (Å²) >= 11 is 1.84. The van der Waals surface area contributed by atoms with E-state index in [-0.39, 0.29) is 5.41 Å². The Labute approximate surface area is 85.7 Å². The van der Waals surface area contributed by atoms with Gasteiger partial charge in [0.2, 0.25) is 0 Å². The second-order valence-corrected chi connectivity index (χ2v) is 5.25. The van der Waals surface area contributed by atoms with Crippen LogP contribution in [0.4, 0.5) is 0 Å². The lowest BCUT2D eigenvalue weighted by molar-refractivity contribution is 0.573. The summed E-state index contributed by atoms with van der Waals surface area (Å²) in [4.78, 5) is 1.41. The van der Waals surface area contributed by atoms with E-state index in [1.54, 1.807) is 0 Å². The lowest BCUT2D eigenvalue weighted by Gasteiger charge is -2.24. The number of hydrogen-bond donors (Lipinski definition) is 0. The zero-order chi connectivity index (χ0) is 10.1. The van der Waals surface area contributed by atoms with Crippen LogP contribution < -0.4 is 0 Å². The lowest BCUT2D eigenvalue weighted by atomic mass is 9.84. The molecule has 0 unspecified atom stereocenters. The molecule has 0 aromatic heterocycles. The Bertz CT molecular complexity index is 294. The molecule has 1 heteroatoms. The van der Waals surface area contributed by atoms with Gasteiger partial charge in [-0.25, -0.2) is 0 Å². The first-order valence-corrected chi connectivity index (χ1v) is 5.83. The van der Waals surface area contributed by atoms with Gasteiger partial charge in [0.1, 0.15) is 0 Å². The third-order valence-electron chi connectivity index (χ3n) is 2.20. The van der Waals surface area contributed by atoms with Crippen molar-refractivity contribution in [2.75, 3.05) is 6.26 Å². The van der Waals surface area contributed by atoms with Crippen molar-refractivity contribution in [2.45, 2.75) is 38.0 Å². The van der Waals surface area contributed by atoms with Gasteiger partial charge < -0.3 is 0 Å². The molecule has 0 aliphatic rings. The predicted octanol–water partition coefficient (Wildman–Crippen LogP) is 4.01. The molecular formula is C12H18S. The average Bonchev–Trinajstić information content (AvgIpc) is 2.01. The molecule has 0 saturated carbocycles. The van der Waals surface area contributed by atoms with Crippen LogP contribution in [0.2, 0.25) is 0 Å². The fourth-order valence-electron chi connectivity index (χ4n) is 1.77. The molecule has 0 N–H and O–H groups in total. The molecule has 0 amide bonds. The summed E-state index contributed by atoms with van der Waals surface area (Å²) in [7, 11) is 0. The highest BCUT2D eigenvalue weighted by Gasteiger charge is 2.19. The van der Waals surface area contributed by atoms with Crippen LogP contribution in [0.15, 0.2) is 23.1 Å². The smallest absolute Gasteiger partial charge is 0.0109 e. The van der Waals surface area contributed by atoms with Crippen LogP contribution in [0, 0.1) is 6.92 Å². The minimum Gasteiger partial charge on any atom is -0.129 e. The highest BCUT2D eigenvalue weighted by atomic mass is 32.2. The maximum absolute atomic E-state index is 2.27. The number of thioether (sulfide) groups is 1. The van der Waals surface area contributed by atoms with Crippen LogP contribution in [0.25, 0.3) is 0 Å². The van der Waals surface area contributed by atoms with Crippen molar-refractivity contribution < 1.29 is 0 Å². The fraction of sp³-hybridized carbons (Fsp3) is 0.500. The predicted molar refractivity (Wildman–Crippen MR) is 61.7 cm³/mol. The Balaban J connectivity index is 3.32.